The van der Waals surface area contributed by atoms with Gasteiger partial charge in [-0.25, -0.2) is 0 Å². The van der Waals surface area contributed by atoms with Crippen molar-refractivity contribution in [1.82, 2.24) is 10.2 Å². The molecule has 0 bridgehead atoms. The quantitative estimate of drug-likeness (QED) is 0.610. The predicted molar refractivity (Wildman–Crippen MR) is 72.3 cm³/mol. The molecule has 0 spiro atoms. The first-order valence-corrected chi connectivity index (χ1v) is 6.89. The average Bonchev–Trinajstić information content (AvgIpc) is 2.30. The van der Waals surface area contributed by atoms with Crippen molar-refractivity contribution in [2.45, 2.75) is 32.7 Å². The summed E-state index contributed by atoms with van der Waals surface area (Å²) in [5, 5.41) is 3.47. The molecule has 1 amide bonds. The maximum absolute atomic E-state index is 10.5. The van der Waals surface area contributed by atoms with Crippen molar-refractivity contribution in [3.63, 3.8) is 0 Å². The van der Waals surface area contributed by atoms with E-state index in [1.165, 1.54) is 32.5 Å². The van der Waals surface area contributed by atoms with Crippen LogP contribution in [0, 0.1) is 5.92 Å². The minimum Gasteiger partial charge on any atom is -0.370 e. The van der Waals surface area contributed by atoms with Gasteiger partial charge in [0.05, 0.1) is 6.61 Å². The van der Waals surface area contributed by atoms with Crippen LogP contribution in [0.25, 0.3) is 0 Å². The van der Waals surface area contributed by atoms with Crippen LogP contribution in [0.2, 0.25) is 0 Å². The van der Waals surface area contributed by atoms with Crippen LogP contribution in [0.3, 0.4) is 0 Å². The summed E-state index contributed by atoms with van der Waals surface area (Å²) in [7, 11) is 0. The number of likely N-dealkylation sites (tertiary alicyclic amines) is 1. The van der Waals surface area contributed by atoms with Crippen LogP contribution in [0.5, 0.6) is 0 Å². The van der Waals surface area contributed by atoms with Crippen molar-refractivity contribution in [2.75, 3.05) is 39.4 Å². The molecular formula is C13H27N3O2. The van der Waals surface area contributed by atoms with E-state index >= 15 is 0 Å². The van der Waals surface area contributed by atoms with E-state index in [4.69, 9.17) is 10.5 Å². The average molecular weight is 257 g/mol. The molecule has 0 unspecified atom stereocenters. The molecule has 0 saturated carbocycles. The fraction of sp³-hybridized carbons (Fsp3) is 0.923. The van der Waals surface area contributed by atoms with Crippen molar-refractivity contribution in [3.8, 4) is 0 Å². The molecule has 3 N–H and O–H groups in total. The van der Waals surface area contributed by atoms with Gasteiger partial charge in [0.25, 0.3) is 0 Å². The van der Waals surface area contributed by atoms with Crippen LogP contribution in [0.15, 0.2) is 0 Å². The Morgan fingerprint density at radius 3 is 2.67 bits per heavy atom. The molecule has 5 nitrogen and oxygen atoms in total. The zero-order valence-corrected chi connectivity index (χ0v) is 11.7. The second kappa shape index (κ2) is 8.45. The molecule has 0 radical (unpaired) electrons. The fourth-order valence-electron chi connectivity index (χ4n) is 2.34. The molecule has 1 fully saturated rings. The third-order valence-corrected chi connectivity index (χ3v) is 3.13. The Hall–Kier alpha value is -0.650. The first kappa shape index (κ1) is 15.4. The first-order chi connectivity index (χ1) is 8.58. The molecule has 0 aliphatic carbocycles. The van der Waals surface area contributed by atoms with Gasteiger partial charge in [0.1, 0.15) is 6.61 Å². The van der Waals surface area contributed by atoms with Gasteiger partial charge in [0.15, 0.2) is 0 Å². The first-order valence-electron chi connectivity index (χ1n) is 6.89. The van der Waals surface area contributed by atoms with Crippen LogP contribution >= 0.6 is 0 Å². The third kappa shape index (κ3) is 6.93. The SMILES string of the molecule is CC(C)CN1CCC(NCCOCC(N)=O)CC1. The third-order valence-electron chi connectivity index (χ3n) is 3.13. The lowest BCUT2D eigenvalue weighted by Gasteiger charge is -2.33. The summed E-state index contributed by atoms with van der Waals surface area (Å²) >= 11 is 0. The van der Waals surface area contributed by atoms with Crippen LogP contribution in [0.1, 0.15) is 26.7 Å². The standard InChI is InChI=1S/C13H27N3O2/c1-11(2)9-16-6-3-12(4-7-16)15-5-8-18-10-13(14)17/h11-12,15H,3-10H2,1-2H3,(H2,14,17). The molecule has 18 heavy (non-hydrogen) atoms. The van der Waals surface area contributed by atoms with Crippen LogP contribution < -0.4 is 11.1 Å². The van der Waals surface area contributed by atoms with E-state index in [1.54, 1.807) is 0 Å². The van der Waals surface area contributed by atoms with Gasteiger partial charge < -0.3 is 20.7 Å². The number of nitrogens with one attached hydrogen (secondary N) is 1. The normalized spacial score (nSPS) is 18.4. The molecule has 1 rings (SSSR count). The molecular weight excluding hydrogens is 230 g/mol. The lowest BCUT2D eigenvalue weighted by molar-refractivity contribution is -0.122. The number of carbonyl (C=O) groups excluding carboxylic acids is 1. The van der Waals surface area contributed by atoms with E-state index in [2.05, 4.69) is 24.1 Å². The maximum atomic E-state index is 10.5. The van der Waals surface area contributed by atoms with E-state index in [0.717, 1.165) is 12.5 Å². The van der Waals surface area contributed by atoms with Gasteiger partial charge >= 0.3 is 0 Å². The summed E-state index contributed by atoms with van der Waals surface area (Å²) in [6, 6.07) is 0.589. The van der Waals surface area contributed by atoms with Gasteiger partial charge in [-0.1, -0.05) is 13.8 Å². The second-order valence-electron chi connectivity index (χ2n) is 5.44. The fourth-order valence-corrected chi connectivity index (χ4v) is 2.34. The molecule has 1 aliphatic rings. The van der Waals surface area contributed by atoms with Crippen molar-refractivity contribution < 1.29 is 9.53 Å². The van der Waals surface area contributed by atoms with Gasteiger partial charge in [-0.2, -0.15) is 0 Å². The van der Waals surface area contributed by atoms with Crippen molar-refractivity contribution in [3.05, 3.63) is 0 Å². The zero-order valence-electron chi connectivity index (χ0n) is 11.7. The van der Waals surface area contributed by atoms with E-state index in [9.17, 15) is 4.79 Å². The minimum atomic E-state index is -0.406. The highest BCUT2D eigenvalue weighted by molar-refractivity contribution is 5.74. The van der Waals surface area contributed by atoms with Crippen LogP contribution in [-0.4, -0.2) is 56.2 Å². The van der Waals surface area contributed by atoms with Crippen molar-refractivity contribution in [1.29, 1.82) is 0 Å². The van der Waals surface area contributed by atoms with Gasteiger partial charge in [0.2, 0.25) is 5.91 Å². The molecule has 106 valence electrons. The van der Waals surface area contributed by atoms with Crippen molar-refractivity contribution in [2.24, 2.45) is 11.7 Å². The Labute approximate surface area is 110 Å². The summed E-state index contributed by atoms with van der Waals surface area (Å²) < 4.78 is 5.11. The molecule has 5 heteroatoms. The molecule has 1 heterocycles. The number of hydrogen-bond donors (Lipinski definition) is 2. The summed E-state index contributed by atoms with van der Waals surface area (Å²) in [6.07, 6.45) is 2.39. The van der Waals surface area contributed by atoms with E-state index in [1.807, 2.05) is 0 Å². The predicted octanol–water partition coefficient (Wildman–Crippen LogP) is 0.198. The summed E-state index contributed by atoms with van der Waals surface area (Å²) in [5.41, 5.74) is 4.98. The Morgan fingerprint density at radius 1 is 1.44 bits per heavy atom. The number of nitrogens with two attached hydrogens (primary N) is 1. The molecule has 0 aromatic rings. The lowest BCUT2D eigenvalue weighted by Crippen LogP contribution is -2.44. The van der Waals surface area contributed by atoms with Gasteiger partial charge in [-0.15, -0.1) is 0 Å². The van der Waals surface area contributed by atoms with E-state index < -0.39 is 5.91 Å². The van der Waals surface area contributed by atoms with Gasteiger partial charge in [-0.05, 0) is 31.8 Å². The number of ether oxygens (including phenoxy) is 1. The van der Waals surface area contributed by atoms with Gasteiger partial charge in [-0.3, -0.25) is 4.79 Å². The number of piperidine rings is 1. The number of primary amides is 1. The summed E-state index contributed by atoms with van der Waals surface area (Å²) in [6.45, 7) is 9.46. The molecule has 1 saturated heterocycles. The molecule has 0 atom stereocenters. The van der Waals surface area contributed by atoms with E-state index in [-0.39, 0.29) is 6.61 Å². The number of carbonyl (C=O) groups is 1. The summed E-state index contributed by atoms with van der Waals surface area (Å²) in [4.78, 5) is 13.0. The number of hydrogen-bond acceptors (Lipinski definition) is 4. The molecule has 0 aromatic heterocycles. The van der Waals surface area contributed by atoms with Gasteiger partial charge in [0, 0.05) is 19.1 Å². The Balaban J connectivity index is 2.00. The maximum Gasteiger partial charge on any atom is 0.243 e. The highest BCUT2D eigenvalue weighted by Gasteiger charge is 2.18. The highest BCUT2D eigenvalue weighted by Crippen LogP contribution is 2.11. The largest absolute Gasteiger partial charge is 0.370 e. The molecule has 0 aromatic carbocycles. The lowest BCUT2D eigenvalue weighted by atomic mass is 10.0. The number of amides is 1. The number of nitrogens with zero attached hydrogens (tertiary/aromatic N) is 1. The smallest absolute Gasteiger partial charge is 0.243 e. The Morgan fingerprint density at radius 2 is 2.11 bits per heavy atom. The number of rotatable bonds is 8. The zero-order chi connectivity index (χ0) is 13.4. The Kier molecular flexibility index (Phi) is 7.23. The minimum absolute atomic E-state index is 0.0223. The van der Waals surface area contributed by atoms with Crippen molar-refractivity contribution >= 4 is 5.91 Å². The topological polar surface area (TPSA) is 67.6 Å². The van der Waals surface area contributed by atoms with E-state index in [0.29, 0.717) is 12.6 Å². The van der Waals surface area contributed by atoms with Crippen LogP contribution in [-0.2, 0) is 9.53 Å². The summed E-state index contributed by atoms with van der Waals surface area (Å²) in [5.74, 6) is 0.341. The highest BCUT2D eigenvalue weighted by atomic mass is 16.5. The Bertz CT molecular complexity index is 238. The monoisotopic (exact) mass is 257 g/mol. The second-order valence-corrected chi connectivity index (χ2v) is 5.44. The molecule has 1 aliphatic heterocycles. The van der Waals surface area contributed by atoms with Crippen LogP contribution in [0.4, 0.5) is 0 Å².